The Morgan fingerprint density at radius 2 is 1.86 bits per heavy atom. The minimum atomic E-state index is -4.37. The van der Waals surface area contributed by atoms with E-state index in [9.17, 15) is 18.0 Å². The molecule has 0 bridgehead atoms. The highest BCUT2D eigenvalue weighted by Crippen LogP contribution is 2.23. The maximum atomic E-state index is 12.1. The van der Waals surface area contributed by atoms with Crippen LogP contribution in [-0.2, 0) is 0 Å². The van der Waals surface area contributed by atoms with Crippen LogP contribution in [0.2, 0.25) is 0 Å². The molecule has 0 aliphatic carbocycles. The molecule has 2 heterocycles. The Labute approximate surface area is 129 Å². The zero-order valence-electron chi connectivity index (χ0n) is 13.2. The van der Waals surface area contributed by atoms with Crippen LogP contribution in [0.4, 0.5) is 18.0 Å². The molecule has 2 aliphatic heterocycles. The lowest BCUT2D eigenvalue weighted by Gasteiger charge is -2.35. The Hall–Kier alpha value is -1.02. The van der Waals surface area contributed by atoms with Crippen LogP contribution in [0.25, 0.3) is 0 Å². The van der Waals surface area contributed by atoms with Crippen molar-refractivity contribution >= 4 is 6.03 Å². The Morgan fingerprint density at radius 1 is 1.23 bits per heavy atom. The lowest BCUT2D eigenvalue weighted by atomic mass is 10.0. The van der Waals surface area contributed by atoms with Crippen LogP contribution in [0.1, 0.15) is 19.3 Å². The fourth-order valence-electron chi connectivity index (χ4n) is 3.24. The van der Waals surface area contributed by atoms with Crippen molar-refractivity contribution in [3.63, 3.8) is 0 Å². The van der Waals surface area contributed by atoms with Gasteiger partial charge in [-0.05, 0) is 39.4 Å². The maximum Gasteiger partial charge on any atom is 0.405 e. The maximum absolute atomic E-state index is 12.1. The first-order chi connectivity index (χ1) is 10.3. The minimum Gasteiger partial charge on any atom is -0.329 e. The fraction of sp³-hybridized carbons (Fsp3) is 0.929. The van der Waals surface area contributed by atoms with Crippen molar-refractivity contribution in [1.82, 2.24) is 20.0 Å². The Morgan fingerprint density at radius 3 is 2.45 bits per heavy atom. The van der Waals surface area contributed by atoms with Gasteiger partial charge in [-0.25, -0.2) is 4.79 Å². The van der Waals surface area contributed by atoms with Crippen molar-refractivity contribution in [2.75, 3.05) is 46.8 Å². The van der Waals surface area contributed by atoms with Crippen LogP contribution in [0.5, 0.6) is 0 Å². The van der Waals surface area contributed by atoms with Crippen molar-refractivity contribution in [1.29, 1.82) is 0 Å². The second-order valence-electron chi connectivity index (χ2n) is 6.36. The van der Waals surface area contributed by atoms with Gasteiger partial charge in [-0.3, -0.25) is 4.90 Å². The minimum absolute atomic E-state index is 0.00658. The molecule has 0 aromatic heterocycles. The van der Waals surface area contributed by atoms with Crippen LogP contribution < -0.4 is 5.32 Å². The van der Waals surface area contributed by atoms with E-state index in [0.717, 1.165) is 45.4 Å². The van der Waals surface area contributed by atoms with E-state index in [2.05, 4.69) is 16.8 Å². The fourth-order valence-corrected chi connectivity index (χ4v) is 3.24. The lowest BCUT2D eigenvalue weighted by Crippen LogP contribution is -2.48. The van der Waals surface area contributed by atoms with Gasteiger partial charge in [0.05, 0.1) is 0 Å². The quantitative estimate of drug-likeness (QED) is 0.853. The molecule has 22 heavy (non-hydrogen) atoms. The van der Waals surface area contributed by atoms with Crippen molar-refractivity contribution < 1.29 is 18.0 Å². The molecule has 128 valence electrons. The number of halogens is 3. The van der Waals surface area contributed by atoms with Crippen molar-refractivity contribution in [2.45, 2.75) is 37.5 Å². The molecule has 0 unspecified atom stereocenters. The van der Waals surface area contributed by atoms with E-state index in [1.807, 2.05) is 5.32 Å². The number of urea groups is 1. The average molecular weight is 322 g/mol. The first-order valence-electron chi connectivity index (χ1n) is 7.76. The summed E-state index contributed by atoms with van der Waals surface area (Å²) in [7, 11) is 3.69. The summed E-state index contributed by atoms with van der Waals surface area (Å²) < 4.78 is 36.4. The summed E-state index contributed by atoms with van der Waals surface area (Å²) in [5.74, 6) is 0. The third-order valence-electron chi connectivity index (χ3n) is 4.71. The van der Waals surface area contributed by atoms with Gasteiger partial charge in [0, 0.05) is 32.2 Å². The number of nitrogens with zero attached hydrogens (tertiary/aromatic N) is 3. The molecule has 2 saturated heterocycles. The standard InChI is InChI=1S/C14H25F3N4O/c1-19-6-3-11(4-7-19)21-8-5-12(9-21)20(2)13(22)18-10-14(15,16)17/h11-12H,3-10H2,1-2H3,(H,18,22)/t12-/m0/s1. The predicted octanol–water partition coefficient (Wildman–Crippen LogP) is 1.36. The van der Waals surface area contributed by atoms with Crippen molar-refractivity contribution in [2.24, 2.45) is 0 Å². The average Bonchev–Trinajstić information content (AvgIpc) is 2.93. The zero-order valence-corrected chi connectivity index (χ0v) is 13.2. The molecule has 2 aliphatic rings. The molecule has 0 saturated carbocycles. The number of nitrogens with one attached hydrogen (secondary N) is 1. The molecule has 5 nitrogen and oxygen atoms in total. The second kappa shape index (κ2) is 7.04. The molecule has 1 N–H and O–H groups in total. The third-order valence-corrected chi connectivity index (χ3v) is 4.71. The third kappa shape index (κ3) is 4.74. The van der Waals surface area contributed by atoms with Gasteiger partial charge in [-0.15, -0.1) is 0 Å². The molecule has 0 radical (unpaired) electrons. The first kappa shape index (κ1) is 17.3. The van der Waals surface area contributed by atoms with E-state index in [0.29, 0.717) is 6.04 Å². The summed E-state index contributed by atoms with van der Waals surface area (Å²) in [6, 6.07) is -0.117. The van der Waals surface area contributed by atoms with Crippen LogP contribution in [0, 0.1) is 0 Å². The summed E-state index contributed by atoms with van der Waals surface area (Å²) in [5, 5.41) is 1.94. The van der Waals surface area contributed by atoms with Gasteiger partial charge in [-0.1, -0.05) is 0 Å². The van der Waals surface area contributed by atoms with E-state index in [-0.39, 0.29) is 6.04 Å². The highest BCUT2D eigenvalue weighted by Gasteiger charge is 2.34. The number of carbonyl (C=O) groups excluding carboxylic acids is 1. The highest BCUT2D eigenvalue weighted by atomic mass is 19.4. The topological polar surface area (TPSA) is 38.8 Å². The molecule has 2 rings (SSSR count). The lowest BCUT2D eigenvalue weighted by molar-refractivity contribution is -0.123. The number of piperidine rings is 1. The highest BCUT2D eigenvalue weighted by molar-refractivity contribution is 5.74. The smallest absolute Gasteiger partial charge is 0.329 e. The summed E-state index contributed by atoms with van der Waals surface area (Å²) in [4.78, 5) is 17.9. The molecule has 2 fully saturated rings. The molecule has 8 heteroatoms. The van der Waals surface area contributed by atoms with Gasteiger partial charge in [-0.2, -0.15) is 13.2 Å². The van der Waals surface area contributed by atoms with Crippen LogP contribution in [0.3, 0.4) is 0 Å². The molecule has 0 aromatic rings. The predicted molar refractivity (Wildman–Crippen MR) is 77.7 cm³/mol. The summed E-state index contributed by atoms with van der Waals surface area (Å²) >= 11 is 0. The van der Waals surface area contributed by atoms with Gasteiger partial charge >= 0.3 is 12.2 Å². The van der Waals surface area contributed by atoms with Gasteiger partial charge in [0.15, 0.2) is 0 Å². The number of hydrogen-bond donors (Lipinski definition) is 1. The Kier molecular flexibility index (Phi) is 5.55. The Bertz CT molecular complexity index is 383. The molecule has 1 atom stereocenters. The zero-order chi connectivity index (χ0) is 16.3. The van der Waals surface area contributed by atoms with Crippen molar-refractivity contribution in [3.05, 3.63) is 0 Å². The van der Waals surface area contributed by atoms with Crippen LogP contribution in [0.15, 0.2) is 0 Å². The van der Waals surface area contributed by atoms with Crippen molar-refractivity contribution in [3.8, 4) is 0 Å². The van der Waals surface area contributed by atoms with Gasteiger partial charge in [0.1, 0.15) is 6.54 Å². The molecule has 0 aromatic carbocycles. The number of amides is 2. The van der Waals surface area contributed by atoms with Gasteiger partial charge < -0.3 is 15.1 Å². The number of likely N-dealkylation sites (tertiary alicyclic amines) is 2. The number of likely N-dealkylation sites (N-methyl/N-ethyl adjacent to an activating group) is 1. The van der Waals surface area contributed by atoms with E-state index in [4.69, 9.17) is 0 Å². The number of alkyl halides is 3. The Balaban J connectivity index is 1.78. The number of rotatable bonds is 3. The first-order valence-corrected chi connectivity index (χ1v) is 7.76. The van der Waals surface area contributed by atoms with Gasteiger partial charge in [0.2, 0.25) is 0 Å². The monoisotopic (exact) mass is 322 g/mol. The molecular formula is C14H25F3N4O. The largest absolute Gasteiger partial charge is 0.405 e. The number of hydrogen-bond acceptors (Lipinski definition) is 3. The molecular weight excluding hydrogens is 297 g/mol. The normalized spacial score (nSPS) is 25.4. The summed E-state index contributed by atoms with van der Waals surface area (Å²) in [6.45, 7) is 2.54. The van der Waals surface area contributed by atoms with E-state index in [1.54, 1.807) is 7.05 Å². The number of carbonyl (C=O) groups is 1. The summed E-state index contributed by atoms with van der Waals surface area (Å²) in [6.07, 6.45) is -1.31. The molecule has 0 spiro atoms. The van der Waals surface area contributed by atoms with E-state index < -0.39 is 18.8 Å². The van der Waals surface area contributed by atoms with E-state index >= 15 is 0 Å². The van der Waals surface area contributed by atoms with Gasteiger partial charge in [0.25, 0.3) is 0 Å². The SMILES string of the molecule is CN1CCC(N2CC[C@H](N(C)C(=O)NCC(F)(F)F)C2)CC1. The molecule has 2 amide bonds. The summed E-state index contributed by atoms with van der Waals surface area (Å²) in [5.41, 5.74) is 0. The van der Waals surface area contributed by atoms with Crippen LogP contribution in [-0.4, -0.2) is 85.8 Å². The second-order valence-corrected chi connectivity index (χ2v) is 6.36. The van der Waals surface area contributed by atoms with Crippen LogP contribution >= 0.6 is 0 Å². The van der Waals surface area contributed by atoms with E-state index in [1.165, 1.54) is 4.90 Å².